The molecule has 0 bridgehead atoms. The van der Waals surface area contributed by atoms with Gasteiger partial charge in [0.05, 0.1) is 18.7 Å². The molecular weight excluding hydrogens is 406 g/mol. The highest BCUT2D eigenvalue weighted by Gasteiger charge is 2.36. The molecule has 1 saturated heterocycles. The highest BCUT2D eigenvalue weighted by Crippen LogP contribution is 2.21. The fourth-order valence-electron chi connectivity index (χ4n) is 4.30. The van der Waals surface area contributed by atoms with Gasteiger partial charge in [-0.1, -0.05) is 40.2 Å². The van der Waals surface area contributed by atoms with Gasteiger partial charge in [0, 0.05) is 18.7 Å². The molecule has 1 heterocycles. The second kappa shape index (κ2) is 13.0. The van der Waals surface area contributed by atoms with E-state index >= 15 is 0 Å². The van der Waals surface area contributed by atoms with Crippen LogP contribution in [0, 0.1) is 11.8 Å². The maximum atomic E-state index is 13.5. The lowest BCUT2D eigenvalue weighted by Crippen LogP contribution is -2.58. The predicted octanol–water partition coefficient (Wildman–Crippen LogP) is 3.38. The topological polar surface area (TPSA) is 79.0 Å². The molecular formula is C25H45N3O4. The number of likely N-dealkylation sites (N-methyl/N-ethyl adjacent to an activating group) is 1. The maximum Gasteiger partial charge on any atom is 0.333 e. The van der Waals surface area contributed by atoms with Gasteiger partial charge < -0.3 is 15.0 Å². The Balaban J connectivity index is 3.05. The monoisotopic (exact) mass is 451 g/mol. The molecule has 7 nitrogen and oxygen atoms in total. The van der Waals surface area contributed by atoms with Crippen molar-refractivity contribution >= 4 is 17.8 Å². The summed E-state index contributed by atoms with van der Waals surface area (Å²) in [6, 6.07) is -0.828. The number of carbonyl (C=O) groups is 3. The molecule has 0 aromatic heterocycles. The molecule has 2 unspecified atom stereocenters. The quantitative estimate of drug-likeness (QED) is 0.407. The molecule has 0 radical (unpaired) electrons. The Hall–Kier alpha value is -1.89. The molecule has 0 spiro atoms. The molecule has 1 N–H and O–H groups in total. The summed E-state index contributed by atoms with van der Waals surface area (Å²) < 4.78 is 5.09. The zero-order valence-electron chi connectivity index (χ0n) is 21.6. The number of piperidine rings is 1. The molecule has 32 heavy (non-hydrogen) atoms. The number of hydrogen-bond acceptors (Lipinski definition) is 5. The number of hydrogen-bond donors (Lipinski definition) is 1. The predicted molar refractivity (Wildman–Crippen MR) is 128 cm³/mol. The third-order valence-corrected chi connectivity index (χ3v) is 6.24. The molecule has 1 rings (SSSR count). The average Bonchev–Trinajstić information content (AvgIpc) is 2.74. The van der Waals surface area contributed by atoms with Crippen LogP contribution in [-0.4, -0.2) is 72.0 Å². The van der Waals surface area contributed by atoms with Crippen LogP contribution in [0.2, 0.25) is 0 Å². The Labute approximate surface area is 194 Å². The molecule has 184 valence electrons. The van der Waals surface area contributed by atoms with Gasteiger partial charge in [0.25, 0.3) is 0 Å². The first kappa shape index (κ1) is 28.1. The molecule has 7 heteroatoms. The standard InChI is InChI=1S/C25H45N3O4/c1-10-32-25(31)19(8)15-21(16(2)3)27(9)24(30)22(17(4)5)26-23(29)20-13-11-12-14-28(20)18(6)7/h15-18,20-22H,10-14H2,1-9H3,(H,26,29)/b19-15+/t20?,21-,22?/m1/s1. The normalized spacial score (nSPS) is 19.8. The van der Waals surface area contributed by atoms with Crippen LogP contribution in [0.4, 0.5) is 0 Å². The Morgan fingerprint density at radius 1 is 1.09 bits per heavy atom. The van der Waals surface area contributed by atoms with Crippen molar-refractivity contribution in [3.63, 3.8) is 0 Å². The van der Waals surface area contributed by atoms with Gasteiger partial charge in [-0.2, -0.15) is 0 Å². The van der Waals surface area contributed by atoms with Crippen LogP contribution >= 0.6 is 0 Å². The fraction of sp³-hybridized carbons (Fsp3) is 0.800. The number of nitrogens with one attached hydrogen (secondary N) is 1. The van der Waals surface area contributed by atoms with E-state index in [-0.39, 0.29) is 47.7 Å². The molecule has 0 aliphatic carbocycles. The van der Waals surface area contributed by atoms with Crippen LogP contribution in [0.1, 0.15) is 74.7 Å². The van der Waals surface area contributed by atoms with E-state index < -0.39 is 6.04 Å². The van der Waals surface area contributed by atoms with E-state index in [0.717, 1.165) is 25.8 Å². The van der Waals surface area contributed by atoms with Gasteiger partial charge in [-0.3, -0.25) is 14.5 Å². The number of likely N-dealkylation sites (tertiary alicyclic amines) is 1. The lowest BCUT2D eigenvalue weighted by atomic mass is 9.95. The Kier molecular flexibility index (Phi) is 11.4. The zero-order valence-corrected chi connectivity index (χ0v) is 21.6. The van der Waals surface area contributed by atoms with Gasteiger partial charge in [-0.05, 0) is 58.9 Å². The van der Waals surface area contributed by atoms with Crippen molar-refractivity contribution in [2.24, 2.45) is 11.8 Å². The summed E-state index contributed by atoms with van der Waals surface area (Å²) in [5.41, 5.74) is 0.477. The van der Waals surface area contributed by atoms with Crippen molar-refractivity contribution in [2.75, 3.05) is 20.2 Å². The van der Waals surface area contributed by atoms with Gasteiger partial charge >= 0.3 is 5.97 Å². The summed E-state index contributed by atoms with van der Waals surface area (Å²) in [5, 5.41) is 3.06. The van der Waals surface area contributed by atoms with Crippen molar-refractivity contribution in [2.45, 2.75) is 98.8 Å². The summed E-state index contributed by atoms with van der Waals surface area (Å²) >= 11 is 0. The highest BCUT2D eigenvalue weighted by atomic mass is 16.5. The SMILES string of the molecule is CCOC(=O)/C(C)=C/[C@H](C(C)C)N(C)C(=O)C(NC(=O)C1CCCCN1C(C)C)C(C)C. The van der Waals surface area contributed by atoms with Crippen molar-refractivity contribution in [1.82, 2.24) is 15.1 Å². The van der Waals surface area contributed by atoms with Crippen LogP contribution in [0.3, 0.4) is 0 Å². The van der Waals surface area contributed by atoms with Crippen LogP contribution in [-0.2, 0) is 19.1 Å². The van der Waals surface area contributed by atoms with Crippen molar-refractivity contribution in [3.05, 3.63) is 11.6 Å². The van der Waals surface area contributed by atoms with E-state index in [0.29, 0.717) is 12.2 Å². The first-order valence-corrected chi connectivity index (χ1v) is 12.1. The van der Waals surface area contributed by atoms with Gasteiger partial charge in [-0.15, -0.1) is 0 Å². The third-order valence-electron chi connectivity index (χ3n) is 6.24. The summed E-state index contributed by atoms with van der Waals surface area (Å²) in [7, 11) is 1.74. The fourth-order valence-corrected chi connectivity index (χ4v) is 4.30. The van der Waals surface area contributed by atoms with Crippen LogP contribution < -0.4 is 5.32 Å². The molecule has 0 saturated carbocycles. The summed E-state index contributed by atoms with van der Waals surface area (Å²) in [5.74, 6) is -0.566. The van der Waals surface area contributed by atoms with E-state index in [1.807, 2.05) is 27.7 Å². The second-order valence-corrected chi connectivity index (χ2v) is 9.83. The Morgan fingerprint density at radius 2 is 1.72 bits per heavy atom. The number of amides is 2. The minimum Gasteiger partial charge on any atom is -0.463 e. The van der Waals surface area contributed by atoms with E-state index in [1.54, 1.807) is 31.9 Å². The molecule has 1 aliphatic heterocycles. The molecule has 2 amide bonds. The Bertz CT molecular complexity index is 672. The van der Waals surface area contributed by atoms with Crippen molar-refractivity contribution < 1.29 is 19.1 Å². The Morgan fingerprint density at radius 3 is 2.22 bits per heavy atom. The largest absolute Gasteiger partial charge is 0.463 e. The van der Waals surface area contributed by atoms with E-state index in [4.69, 9.17) is 4.74 Å². The number of carbonyl (C=O) groups excluding carboxylic acids is 3. The lowest BCUT2D eigenvalue weighted by Gasteiger charge is -2.39. The summed E-state index contributed by atoms with van der Waals surface area (Å²) in [6.07, 6.45) is 4.73. The van der Waals surface area contributed by atoms with Gasteiger partial charge in [-0.25, -0.2) is 4.79 Å². The minimum absolute atomic E-state index is 0.0621. The van der Waals surface area contributed by atoms with Crippen LogP contribution in [0.5, 0.6) is 0 Å². The first-order chi connectivity index (χ1) is 14.9. The zero-order chi connectivity index (χ0) is 24.6. The number of rotatable bonds is 10. The molecule has 0 aromatic rings. The summed E-state index contributed by atoms with van der Waals surface area (Å²) in [6.45, 7) is 16.8. The molecule has 1 fully saturated rings. The van der Waals surface area contributed by atoms with E-state index in [2.05, 4.69) is 24.1 Å². The van der Waals surface area contributed by atoms with Gasteiger partial charge in [0.15, 0.2) is 0 Å². The molecule has 3 atom stereocenters. The minimum atomic E-state index is -0.624. The third kappa shape index (κ3) is 7.61. The number of ether oxygens (including phenoxy) is 1. The van der Waals surface area contributed by atoms with Gasteiger partial charge in [0.1, 0.15) is 6.04 Å². The maximum absolute atomic E-state index is 13.5. The number of esters is 1. The first-order valence-electron chi connectivity index (χ1n) is 12.1. The van der Waals surface area contributed by atoms with Crippen molar-refractivity contribution in [1.29, 1.82) is 0 Å². The smallest absolute Gasteiger partial charge is 0.333 e. The van der Waals surface area contributed by atoms with Crippen LogP contribution in [0.25, 0.3) is 0 Å². The lowest BCUT2D eigenvalue weighted by molar-refractivity contribution is -0.140. The van der Waals surface area contributed by atoms with E-state index in [9.17, 15) is 14.4 Å². The number of nitrogens with zero attached hydrogens (tertiary/aromatic N) is 2. The molecule has 0 aromatic carbocycles. The molecule has 1 aliphatic rings. The van der Waals surface area contributed by atoms with Gasteiger partial charge in [0.2, 0.25) is 11.8 Å². The highest BCUT2D eigenvalue weighted by molar-refractivity contribution is 5.91. The van der Waals surface area contributed by atoms with Crippen LogP contribution in [0.15, 0.2) is 11.6 Å². The van der Waals surface area contributed by atoms with E-state index in [1.165, 1.54) is 0 Å². The van der Waals surface area contributed by atoms with Crippen molar-refractivity contribution in [3.8, 4) is 0 Å². The second-order valence-electron chi connectivity index (χ2n) is 9.83. The average molecular weight is 452 g/mol. The summed E-state index contributed by atoms with van der Waals surface area (Å²) in [4.78, 5) is 42.7.